The van der Waals surface area contributed by atoms with Crippen molar-refractivity contribution in [1.82, 2.24) is 19.5 Å². The van der Waals surface area contributed by atoms with Crippen molar-refractivity contribution < 1.29 is 23.6 Å². The number of aryl methyl sites for hydroxylation is 3. The van der Waals surface area contributed by atoms with Crippen molar-refractivity contribution in [3.8, 4) is 11.1 Å². The van der Waals surface area contributed by atoms with Crippen LogP contribution in [0, 0.1) is 6.92 Å². The Morgan fingerprint density at radius 2 is 2.00 bits per heavy atom. The zero-order valence-corrected chi connectivity index (χ0v) is 23.6. The maximum absolute atomic E-state index is 13.0. The van der Waals surface area contributed by atoms with Crippen LogP contribution in [0.3, 0.4) is 0 Å². The van der Waals surface area contributed by atoms with Crippen molar-refractivity contribution in [2.24, 2.45) is 0 Å². The molecule has 37 heavy (non-hydrogen) atoms. The topological polar surface area (TPSA) is 121 Å². The third kappa shape index (κ3) is 5.25. The molecule has 9 nitrogen and oxygen atoms in total. The second-order valence-corrected chi connectivity index (χ2v) is 12.6. The molecule has 2 N–H and O–H groups in total. The Kier molecular flexibility index (Phi) is 7.94. The summed E-state index contributed by atoms with van der Waals surface area (Å²) in [7, 11) is 2.65. The SMILES string of the molecule is COC(=O)CCc1c(C(=O)OC)[nH]c2c(-c3c(C)nn4c3[C@H](N[S@+]([O-])C(C)(C)C)CCC4)c(Cl)ccc12. The molecular formula is C26H33ClN4O5S. The largest absolute Gasteiger partial charge is 0.598 e. The first-order chi connectivity index (χ1) is 17.5. The number of benzene rings is 1. The maximum Gasteiger partial charge on any atom is 0.354 e. The number of hydrogen-bond donors (Lipinski definition) is 2. The Labute approximate surface area is 224 Å². The second-order valence-electron chi connectivity index (χ2n) is 10.2. The van der Waals surface area contributed by atoms with Crippen molar-refractivity contribution >= 4 is 45.8 Å². The third-order valence-electron chi connectivity index (χ3n) is 6.64. The highest BCUT2D eigenvalue weighted by atomic mass is 35.5. The number of esters is 2. The molecule has 11 heteroatoms. The van der Waals surface area contributed by atoms with Gasteiger partial charge in [-0.2, -0.15) is 5.10 Å². The van der Waals surface area contributed by atoms with E-state index in [1.165, 1.54) is 14.2 Å². The molecule has 0 spiro atoms. The van der Waals surface area contributed by atoms with Crippen molar-refractivity contribution in [1.29, 1.82) is 0 Å². The molecule has 3 aromatic rings. The highest BCUT2D eigenvalue weighted by Gasteiger charge is 2.36. The Morgan fingerprint density at radius 1 is 1.27 bits per heavy atom. The summed E-state index contributed by atoms with van der Waals surface area (Å²) in [5.74, 6) is -0.909. The molecule has 3 heterocycles. The van der Waals surface area contributed by atoms with Gasteiger partial charge in [-0.05, 0) is 58.6 Å². The Bertz CT molecular complexity index is 1340. The van der Waals surface area contributed by atoms with Gasteiger partial charge < -0.3 is 19.0 Å². The summed E-state index contributed by atoms with van der Waals surface area (Å²) in [4.78, 5) is 27.8. The number of halogens is 1. The van der Waals surface area contributed by atoms with Crippen molar-refractivity contribution in [2.75, 3.05) is 14.2 Å². The van der Waals surface area contributed by atoms with Gasteiger partial charge in [0.25, 0.3) is 0 Å². The lowest BCUT2D eigenvalue weighted by Gasteiger charge is -2.31. The summed E-state index contributed by atoms with van der Waals surface area (Å²) in [6, 6.07) is 3.44. The van der Waals surface area contributed by atoms with Crippen molar-refractivity contribution in [3.05, 3.63) is 39.8 Å². The van der Waals surface area contributed by atoms with Gasteiger partial charge in [0.1, 0.15) is 10.4 Å². The first-order valence-electron chi connectivity index (χ1n) is 12.2. The Hall–Kier alpha value is -2.53. The van der Waals surface area contributed by atoms with E-state index in [4.69, 9.17) is 26.2 Å². The van der Waals surface area contributed by atoms with E-state index in [0.717, 1.165) is 41.7 Å². The van der Waals surface area contributed by atoms with Gasteiger partial charge in [-0.15, -0.1) is 4.72 Å². The number of carbonyl (C=O) groups is 2. The van der Waals surface area contributed by atoms with E-state index < -0.39 is 22.1 Å². The quantitative estimate of drug-likeness (QED) is 0.322. The number of aromatic amines is 1. The molecule has 0 saturated heterocycles. The Balaban J connectivity index is 1.92. The number of aromatic nitrogens is 3. The molecule has 0 amide bonds. The van der Waals surface area contributed by atoms with Crippen LogP contribution >= 0.6 is 11.6 Å². The van der Waals surface area contributed by atoms with Gasteiger partial charge in [0.2, 0.25) is 0 Å². The molecule has 1 aliphatic rings. The first-order valence-corrected chi connectivity index (χ1v) is 13.7. The van der Waals surface area contributed by atoms with E-state index in [2.05, 4.69) is 9.71 Å². The number of carbonyl (C=O) groups excluding carboxylic acids is 2. The molecule has 1 aromatic carbocycles. The lowest BCUT2D eigenvalue weighted by molar-refractivity contribution is -0.140. The molecule has 0 radical (unpaired) electrons. The van der Waals surface area contributed by atoms with Crippen LogP contribution in [-0.2, 0) is 38.6 Å². The van der Waals surface area contributed by atoms with Gasteiger partial charge in [0.15, 0.2) is 0 Å². The third-order valence-corrected chi connectivity index (χ3v) is 8.57. The molecule has 4 rings (SSSR count). The molecular weight excluding hydrogens is 516 g/mol. The lowest BCUT2D eigenvalue weighted by atomic mass is 9.93. The summed E-state index contributed by atoms with van der Waals surface area (Å²) < 4.78 is 27.7. The summed E-state index contributed by atoms with van der Waals surface area (Å²) in [5, 5.41) is 6.05. The Morgan fingerprint density at radius 3 is 2.65 bits per heavy atom. The van der Waals surface area contributed by atoms with Crippen molar-refractivity contribution in [2.45, 2.75) is 70.7 Å². The normalized spacial score (nSPS) is 16.5. The number of H-pyrrole nitrogens is 1. The number of hydrogen-bond acceptors (Lipinski definition) is 7. The first kappa shape index (κ1) is 27.5. The van der Waals surface area contributed by atoms with Gasteiger partial charge >= 0.3 is 11.9 Å². The van der Waals surface area contributed by atoms with Gasteiger partial charge in [-0.1, -0.05) is 17.7 Å². The van der Waals surface area contributed by atoms with E-state index in [-0.39, 0.29) is 30.5 Å². The van der Waals surface area contributed by atoms with E-state index in [1.54, 1.807) is 6.07 Å². The van der Waals surface area contributed by atoms with Crippen LogP contribution in [0.15, 0.2) is 12.1 Å². The van der Waals surface area contributed by atoms with Crippen molar-refractivity contribution in [3.63, 3.8) is 0 Å². The van der Waals surface area contributed by atoms with Gasteiger partial charge in [-0.3, -0.25) is 9.48 Å². The van der Waals surface area contributed by atoms with E-state index in [0.29, 0.717) is 21.7 Å². The molecule has 0 saturated carbocycles. The summed E-state index contributed by atoms with van der Waals surface area (Å²) in [6.07, 6.45) is 2.10. The summed E-state index contributed by atoms with van der Waals surface area (Å²) in [5.41, 5.74) is 4.84. The number of nitrogens with zero attached hydrogens (tertiary/aromatic N) is 2. The average Bonchev–Trinajstić information content (AvgIpc) is 3.39. The van der Waals surface area contributed by atoms with Crippen LogP contribution in [0.5, 0.6) is 0 Å². The number of fused-ring (bicyclic) bond motifs is 2. The molecule has 0 fully saturated rings. The second kappa shape index (κ2) is 10.7. The molecule has 0 unspecified atom stereocenters. The van der Waals surface area contributed by atoms with E-state index >= 15 is 0 Å². The van der Waals surface area contributed by atoms with Crippen LogP contribution in [0.4, 0.5) is 0 Å². The van der Waals surface area contributed by atoms with Crippen LogP contribution < -0.4 is 4.72 Å². The van der Waals surface area contributed by atoms with Crippen LogP contribution in [0.1, 0.15) is 73.5 Å². The molecule has 0 aliphatic carbocycles. The van der Waals surface area contributed by atoms with Crippen LogP contribution in [0.25, 0.3) is 22.0 Å². The van der Waals surface area contributed by atoms with Crippen LogP contribution in [-0.4, -0.2) is 50.2 Å². The predicted molar refractivity (Wildman–Crippen MR) is 144 cm³/mol. The minimum absolute atomic E-state index is 0.109. The minimum Gasteiger partial charge on any atom is -0.598 e. The predicted octanol–water partition coefficient (Wildman–Crippen LogP) is 4.77. The fourth-order valence-corrected chi connectivity index (χ4v) is 5.93. The molecule has 1 aliphatic heterocycles. The highest BCUT2D eigenvalue weighted by molar-refractivity contribution is 7.90. The average molecular weight is 549 g/mol. The fraction of sp³-hybridized carbons (Fsp3) is 0.500. The lowest BCUT2D eigenvalue weighted by Crippen LogP contribution is -2.42. The number of ether oxygens (including phenoxy) is 2. The molecule has 0 bridgehead atoms. The molecule has 2 atom stereocenters. The monoisotopic (exact) mass is 548 g/mol. The maximum atomic E-state index is 13.0. The van der Waals surface area contributed by atoms with E-state index in [1.807, 2.05) is 38.4 Å². The summed E-state index contributed by atoms with van der Waals surface area (Å²) >= 11 is 5.55. The van der Waals surface area contributed by atoms with Gasteiger partial charge in [0, 0.05) is 40.8 Å². The van der Waals surface area contributed by atoms with Gasteiger partial charge in [0.05, 0.1) is 42.2 Å². The fourth-order valence-electron chi connectivity index (χ4n) is 4.84. The standard InChI is InChI=1S/C26H33ClN4O5S/c1-14-20(24-18(8-7-13-31(24)29-14)30-37(34)26(2,3)4)21-17(27)11-9-15-16(10-12-19(32)35-5)23(25(33)36-6)28-22(15)21/h9,11,18,28,30H,7-8,10,12-13H2,1-6H3/t18-,37-/m1/s1. The highest BCUT2D eigenvalue weighted by Crippen LogP contribution is 2.44. The smallest absolute Gasteiger partial charge is 0.354 e. The number of nitrogens with one attached hydrogen (secondary N) is 2. The number of methoxy groups -OCH3 is 2. The zero-order valence-electron chi connectivity index (χ0n) is 22.0. The molecule has 2 aromatic heterocycles. The minimum atomic E-state index is -1.28. The van der Waals surface area contributed by atoms with E-state index in [9.17, 15) is 14.1 Å². The zero-order chi connectivity index (χ0) is 27.1. The summed E-state index contributed by atoms with van der Waals surface area (Å²) in [6.45, 7) is 8.47. The van der Waals surface area contributed by atoms with Crippen LogP contribution in [0.2, 0.25) is 5.02 Å². The molecule has 200 valence electrons. The number of rotatable bonds is 7. The van der Waals surface area contributed by atoms with Gasteiger partial charge in [-0.25, -0.2) is 4.79 Å².